The highest BCUT2D eigenvalue weighted by molar-refractivity contribution is 6.31. The number of ether oxygens (including phenoxy) is 1. The van der Waals surface area contributed by atoms with Crippen LogP contribution in [0.4, 0.5) is 14.5 Å². The second-order valence-electron chi connectivity index (χ2n) is 10.9. The number of aliphatic imine (C=N–C) groups is 1. The van der Waals surface area contributed by atoms with E-state index < -0.39 is 17.9 Å². The van der Waals surface area contributed by atoms with E-state index >= 15 is 0 Å². The number of halogens is 3. The number of likely N-dealkylation sites (tertiary alicyclic amines) is 1. The Kier molecular flexibility index (Phi) is 11.3. The molecule has 47 heavy (non-hydrogen) atoms. The van der Waals surface area contributed by atoms with Gasteiger partial charge in [0.15, 0.2) is 0 Å². The van der Waals surface area contributed by atoms with E-state index in [1.807, 2.05) is 30.3 Å². The van der Waals surface area contributed by atoms with Gasteiger partial charge in [0.05, 0.1) is 22.7 Å². The molecule has 1 aliphatic rings. The molecule has 2 heterocycles. The number of nitrogens with one attached hydrogen (secondary N) is 1. The maximum atomic E-state index is 13.6. The molecule has 3 aromatic rings. The molecule has 244 valence electrons. The number of hydrogen-bond donors (Lipinski definition) is 1. The third-order valence-electron chi connectivity index (χ3n) is 7.65. The van der Waals surface area contributed by atoms with Crippen LogP contribution < -0.4 is 10.1 Å². The third-order valence-corrected chi connectivity index (χ3v) is 7.88. The summed E-state index contributed by atoms with van der Waals surface area (Å²) >= 11 is 6.23. The van der Waals surface area contributed by atoms with Gasteiger partial charge in [-0.2, -0.15) is 19.1 Å². The Balaban J connectivity index is 1.67. The molecule has 0 atom stereocenters. The first-order valence-corrected chi connectivity index (χ1v) is 15.0. The number of benzene rings is 2. The van der Waals surface area contributed by atoms with E-state index in [0.717, 1.165) is 5.56 Å². The standard InChI is InChI=1S/C34H34ClF2N7O3/c1-5-16-39-31(42(3)4)25(6-2)32(46)40-27-20-44(41-30(27)26-19-24(35)12-13-28(26)47-33(36)37)21-29(45)43-17-14-34(22-38,15-18-43)23-10-8-7-9-11-23/h5-13,16,19-20,33H,1-2,14-15,17-18,21H2,3-4H3,(H,40,46)/b31-25+,39-16-. The van der Waals surface area contributed by atoms with E-state index in [1.165, 1.54) is 47.4 Å². The van der Waals surface area contributed by atoms with E-state index in [2.05, 4.69) is 34.6 Å². The average Bonchev–Trinajstić information content (AvgIpc) is 3.45. The Labute approximate surface area is 276 Å². The molecule has 1 aromatic heterocycles. The zero-order valence-electron chi connectivity index (χ0n) is 26.0. The number of amides is 2. The Bertz CT molecular complexity index is 1740. The summed E-state index contributed by atoms with van der Waals surface area (Å²) in [4.78, 5) is 34.6. The van der Waals surface area contributed by atoms with Gasteiger partial charge in [-0.25, -0.2) is 4.99 Å². The Morgan fingerprint density at radius 2 is 1.91 bits per heavy atom. The zero-order valence-corrected chi connectivity index (χ0v) is 26.8. The van der Waals surface area contributed by atoms with Crippen molar-refractivity contribution in [2.45, 2.75) is 31.4 Å². The monoisotopic (exact) mass is 661 g/mol. The average molecular weight is 662 g/mol. The van der Waals surface area contributed by atoms with Gasteiger partial charge in [0.25, 0.3) is 5.91 Å². The van der Waals surface area contributed by atoms with Gasteiger partial charge in [0.1, 0.15) is 23.8 Å². The predicted octanol–water partition coefficient (Wildman–Crippen LogP) is 6.04. The molecule has 0 spiro atoms. The lowest BCUT2D eigenvalue weighted by Gasteiger charge is -2.37. The minimum atomic E-state index is -3.15. The summed E-state index contributed by atoms with van der Waals surface area (Å²) in [6, 6.07) is 16.0. The van der Waals surface area contributed by atoms with Crippen LogP contribution in [0.5, 0.6) is 5.75 Å². The van der Waals surface area contributed by atoms with Gasteiger partial charge in [-0.15, -0.1) is 0 Å². The molecule has 0 bridgehead atoms. The Hall–Kier alpha value is -5.28. The largest absolute Gasteiger partial charge is 0.434 e. The van der Waals surface area contributed by atoms with Crippen LogP contribution >= 0.6 is 11.6 Å². The van der Waals surface area contributed by atoms with Crippen LogP contribution in [0.1, 0.15) is 18.4 Å². The third kappa shape index (κ3) is 8.12. The number of carbonyl (C=O) groups is 2. The smallest absolute Gasteiger partial charge is 0.387 e. The molecular formula is C34H34ClF2N7O3. The number of allylic oxidation sites excluding steroid dienone is 1. The van der Waals surface area contributed by atoms with Crippen molar-refractivity contribution in [1.29, 1.82) is 5.26 Å². The fraction of sp³-hybridized carbons (Fsp3) is 0.265. The molecule has 2 amide bonds. The summed E-state index contributed by atoms with van der Waals surface area (Å²) in [6.45, 7) is 4.69. The zero-order chi connectivity index (χ0) is 34.1. The lowest BCUT2D eigenvalue weighted by atomic mass is 9.74. The molecule has 2 aromatic carbocycles. The fourth-order valence-corrected chi connectivity index (χ4v) is 5.47. The number of anilines is 1. The molecule has 1 saturated heterocycles. The van der Waals surface area contributed by atoms with Gasteiger partial charge in [-0.3, -0.25) is 14.3 Å². The van der Waals surface area contributed by atoms with E-state index in [0.29, 0.717) is 25.9 Å². The fourth-order valence-electron chi connectivity index (χ4n) is 5.30. The van der Waals surface area contributed by atoms with Crippen molar-refractivity contribution in [3.05, 3.63) is 102 Å². The van der Waals surface area contributed by atoms with Crippen molar-refractivity contribution < 1.29 is 23.1 Å². The van der Waals surface area contributed by atoms with Crippen molar-refractivity contribution in [3.8, 4) is 23.1 Å². The molecule has 1 fully saturated rings. The molecule has 4 rings (SSSR count). The minimum absolute atomic E-state index is 0.0416. The van der Waals surface area contributed by atoms with Gasteiger partial charge < -0.3 is 19.9 Å². The number of aromatic nitrogens is 2. The second-order valence-corrected chi connectivity index (χ2v) is 11.3. The number of alkyl halides is 2. The number of rotatable bonds is 12. The van der Waals surface area contributed by atoms with E-state index in [1.54, 1.807) is 23.9 Å². The first-order chi connectivity index (χ1) is 22.5. The molecule has 0 unspecified atom stereocenters. The maximum absolute atomic E-state index is 13.6. The van der Waals surface area contributed by atoms with E-state index in [9.17, 15) is 23.6 Å². The minimum Gasteiger partial charge on any atom is -0.434 e. The number of piperidine rings is 1. The first-order valence-electron chi connectivity index (χ1n) is 14.6. The van der Waals surface area contributed by atoms with E-state index in [-0.39, 0.29) is 51.6 Å². The number of carbonyl (C=O) groups excluding carboxylic acids is 2. The molecule has 1 N–H and O–H groups in total. The van der Waals surface area contributed by atoms with Gasteiger partial charge in [0.2, 0.25) is 5.91 Å². The summed E-state index contributed by atoms with van der Waals surface area (Å²) in [5, 5.41) is 17.5. The highest BCUT2D eigenvalue weighted by atomic mass is 35.5. The molecule has 0 saturated carbocycles. The van der Waals surface area contributed by atoms with Gasteiger partial charge >= 0.3 is 6.61 Å². The molecule has 1 aliphatic heterocycles. The van der Waals surface area contributed by atoms with Gasteiger partial charge in [0, 0.05) is 50.2 Å². The quantitative estimate of drug-likeness (QED) is 0.144. The SMILES string of the molecule is C=C/C=N\C(=C(\C=C)C(=O)Nc1cn(CC(=O)N2CCC(C#N)(c3ccccc3)CC2)nc1-c1cc(Cl)ccc1OC(F)F)N(C)C. The highest BCUT2D eigenvalue weighted by Gasteiger charge is 2.37. The van der Waals surface area contributed by atoms with Crippen LogP contribution in [0.25, 0.3) is 11.3 Å². The predicted molar refractivity (Wildman–Crippen MR) is 177 cm³/mol. The summed E-state index contributed by atoms with van der Waals surface area (Å²) < 4.78 is 32.8. The van der Waals surface area contributed by atoms with Crippen LogP contribution in [0.2, 0.25) is 5.02 Å². The lowest BCUT2D eigenvalue weighted by molar-refractivity contribution is -0.133. The summed E-state index contributed by atoms with van der Waals surface area (Å²) in [7, 11) is 3.39. The highest BCUT2D eigenvalue weighted by Crippen LogP contribution is 2.38. The van der Waals surface area contributed by atoms with Crippen LogP contribution in [-0.4, -0.2) is 71.4 Å². The number of hydrogen-bond acceptors (Lipinski definition) is 7. The van der Waals surface area contributed by atoms with Crippen molar-refractivity contribution in [2.24, 2.45) is 4.99 Å². The molecular weight excluding hydrogens is 628 g/mol. The Morgan fingerprint density at radius 3 is 2.51 bits per heavy atom. The second kappa shape index (κ2) is 15.3. The normalized spacial score (nSPS) is 14.7. The molecule has 10 nitrogen and oxygen atoms in total. The van der Waals surface area contributed by atoms with E-state index in [4.69, 9.17) is 16.3 Å². The number of nitriles is 1. The first kappa shape index (κ1) is 34.6. The van der Waals surface area contributed by atoms with Crippen molar-refractivity contribution in [2.75, 3.05) is 32.5 Å². The topological polar surface area (TPSA) is 116 Å². The molecule has 0 aliphatic carbocycles. The summed E-state index contributed by atoms with van der Waals surface area (Å²) in [5.41, 5.74) is 0.530. The van der Waals surface area contributed by atoms with Gasteiger partial charge in [-0.1, -0.05) is 67.2 Å². The number of nitrogens with zero attached hydrogens (tertiary/aromatic N) is 6. The Morgan fingerprint density at radius 1 is 1.21 bits per heavy atom. The van der Waals surface area contributed by atoms with Gasteiger partial charge in [-0.05, 0) is 36.6 Å². The van der Waals surface area contributed by atoms with Crippen molar-refractivity contribution in [3.63, 3.8) is 0 Å². The summed E-state index contributed by atoms with van der Waals surface area (Å²) in [6.07, 6.45) is 6.55. The van der Waals surface area contributed by atoms with Crippen LogP contribution in [0.15, 0.2) is 96.4 Å². The van der Waals surface area contributed by atoms with Crippen molar-refractivity contribution in [1.82, 2.24) is 19.6 Å². The van der Waals surface area contributed by atoms with Crippen molar-refractivity contribution >= 4 is 35.3 Å². The van der Waals surface area contributed by atoms with Crippen LogP contribution in [0.3, 0.4) is 0 Å². The van der Waals surface area contributed by atoms with Crippen LogP contribution in [-0.2, 0) is 21.5 Å². The lowest BCUT2D eigenvalue weighted by Crippen LogP contribution is -2.45. The molecule has 13 heteroatoms. The maximum Gasteiger partial charge on any atom is 0.387 e. The van der Waals surface area contributed by atoms with Crippen LogP contribution in [0, 0.1) is 11.3 Å². The molecule has 0 radical (unpaired) electrons. The summed E-state index contributed by atoms with van der Waals surface area (Å²) in [5.74, 6) is -0.849.